The predicted molar refractivity (Wildman–Crippen MR) is 218 cm³/mol. The first-order chi connectivity index (χ1) is 25.7. The Balaban J connectivity index is 0.000000361. The Kier molecular flexibility index (Phi) is 21.3. The van der Waals surface area contributed by atoms with Crippen LogP contribution in [0, 0.1) is 0 Å². The van der Waals surface area contributed by atoms with Crippen molar-refractivity contribution < 1.29 is 60.5 Å². The van der Waals surface area contributed by atoms with Crippen molar-refractivity contribution >= 4 is 81.5 Å². The monoisotopic (exact) mass is 982 g/mol. The van der Waals surface area contributed by atoms with Gasteiger partial charge in [0.25, 0.3) is 6.43 Å². The van der Waals surface area contributed by atoms with Crippen LogP contribution in [0.3, 0.4) is 0 Å². The van der Waals surface area contributed by atoms with Crippen LogP contribution in [0.4, 0.5) is 17.6 Å². The minimum atomic E-state index is -5.64. The minimum absolute atomic E-state index is 0.0580. The molecule has 3 aromatic carbocycles. The highest BCUT2D eigenvalue weighted by atomic mass is 79.9. The number of methoxy groups -OCH3 is 1. The van der Waals surface area contributed by atoms with Crippen molar-refractivity contribution in [1.29, 1.82) is 0 Å². The summed E-state index contributed by atoms with van der Waals surface area (Å²) in [6, 6.07) is 15.4. The van der Waals surface area contributed by atoms with Crippen LogP contribution in [0.1, 0.15) is 66.3 Å². The maximum atomic E-state index is 13.9. The van der Waals surface area contributed by atoms with Gasteiger partial charge in [-0.05, 0) is 59.6 Å². The minimum Gasteiger partial charge on any atom is -0.497 e. The Morgan fingerprint density at radius 1 is 0.818 bits per heavy atom. The fourth-order valence-electron chi connectivity index (χ4n) is 4.66. The first kappa shape index (κ1) is 49.5. The zero-order valence-corrected chi connectivity index (χ0v) is 36.3. The average Bonchev–Trinajstić information content (AvgIpc) is 3.08. The second-order valence-electron chi connectivity index (χ2n) is 11.9. The number of aliphatic hydroxyl groups excluding tert-OH is 1. The molecule has 20 heteroatoms. The van der Waals surface area contributed by atoms with E-state index in [-0.39, 0.29) is 16.6 Å². The van der Waals surface area contributed by atoms with Gasteiger partial charge in [0.1, 0.15) is 11.3 Å². The maximum absolute atomic E-state index is 13.9. The predicted octanol–water partition coefficient (Wildman–Crippen LogP) is 10.6. The SMILES string of the molecule is COc1ccc2c(CSCc3ccc(C(F)(F)P(=O)(O)O)c(Br)c3)cc(=O)oc2c1.CP(=O)(O)O.OCCCCCCCSCc1ccc(C(F)F)c(Br)c1. The number of benzene rings is 3. The lowest BCUT2D eigenvalue weighted by Gasteiger charge is -2.19. The van der Waals surface area contributed by atoms with Gasteiger partial charge in [0.15, 0.2) is 0 Å². The fraction of sp³-hybridized carbons (Fsp3) is 0.400. The molecular formula is C35H42Br2F4O10P2S2. The van der Waals surface area contributed by atoms with Gasteiger partial charge >= 0.3 is 26.5 Å². The number of ether oxygens (including phenoxy) is 1. The van der Waals surface area contributed by atoms with Gasteiger partial charge < -0.3 is 33.8 Å². The second-order valence-corrected chi connectivity index (χ2v) is 19.0. The van der Waals surface area contributed by atoms with Crippen LogP contribution < -0.4 is 10.4 Å². The molecule has 1 heterocycles. The first-order valence-corrected chi connectivity index (χ1v) is 23.9. The van der Waals surface area contributed by atoms with Crippen molar-refractivity contribution in [1.82, 2.24) is 0 Å². The van der Waals surface area contributed by atoms with Gasteiger partial charge in [-0.3, -0.25) is 9.13 Å². The van der Waals surface area contributed by atoms with Gasteiger partial charge in [0.05, 0.1) is 7.11 Å². The van der Waals surface area contributed by atoms with Crippen molar-refractivity contribution in [2.45, 2.75) is 61.5 Å². The largest absolute Gasteiger partial charge is 0.497 e. The normalized spacial score (nSPS) is 11.9. The smallest absolute Gasteiger partial charge is 0.399 e. The van der Waals surface area contributed by atoms with Gasteiger partial charge in [-0.25, -0.2) is 13.6 Å². The molecule has 55 heavy (non-hydrogen) atoms. The summed E-state index contributed by atoms with van der Waals surface area (Å²) < 4.78 is 84.2. The Hall–Kier alpha value is -1.69. The summed E-state index contributed by atoms with van der Waals surface area (Å²) >= 11 is 9.45. The van der Waals surface area contributed by atoms with E-state index in [0.29, 0.717) is 32.9 Å². The molecule has 0 saturated carbocycles. The summed E-state index contributed by atoms with van der Waals surface area (Å²) in [6.07, 6.45) is 3.12. The number of hydrogen-bond donors (Lipinski definition) is 5. The number of hydrogen-bond acceptors (Lipinski definition) is 8. The maximum Gasteiger partial charge on any atom is 0.399 e. The van der Waals surface area contributed by atoms with Gasteiger partial charge in [-0.2, -0.15) is 32.3 Å². The van der Waals surface area contributed by atoms with Crippen molar-refractivity contribution in [3.8, 4) is 5.75 Å². The molecule has 0 unspecified atom stereocenters. The van der Waals surface area contributed by atoms with Crippen molar-refractivity contribution in [3.63, 3.8) is 0 Å². The first-order valence-electron chi connectivity index (χ1n) is 16.4. The zero-order valence-electron chi connectivity index (χ0n) is 29.7. The van der Waals surface area contributed by atoms with Crippen LogP contribution in [0.25, 0.3) is 11.0 Å². The van der Waals surface area contributed by atoms with Crippen LogP contribution in [0.5, 0.6) is 5.75 Å². The van der Waals surface area contributed by atoms with Gasteiger partial charge in [-0.15, -0.1) is 0 Å². The highest BCUT2D eigenvalue weighted by molar-refractivity contribution is 9.10. The Morgan fingerprint density at radius 3 is 1.96 bits per heavy atom. The third-order valence-corrected chi connectivity index (χ3v) is 11.8. The van der Waals surface area contributed by atoms with E-state index in [1.807, 2.05) is 11.8 Å². The molecule has 0 amide bonds. The molecule has 0 bridgehead atoms. The molecule has 4 aromatic rings. The standard InChI is InChI=1S/C19H16BrF2O6PS.C15H21BrF2OS.CH5O3P/c1-27-13-3-4-14-12(7-18(23)28-17(14)8-13)10-30-9-11-2-5-15(16(20)6-11)19(21,22)29(24,25)26;16-14-10-12(6-7-13(14)15(17)18)11-20-9-5-3-1-2-4-8-19;1-5(2,3)4/h2-8H,9-10H2,1H3,(H2,24,25,26);6-7,10,15,19H,1-5,8-9,11H2;1H3,(H2,2,3,4). The summed E-state index contributed by atoms with van der Waals surface area (Å²) in [7, 11) is -7.77. The van der Waals surface area contributed by atoms with Crippen LogP contribution in [0.2, 0.25) is 0 Å². The Labute approximate surface area is 341 Å². The van der Waals surface area contributed by atoms with E-state index in [2.05, 4.69) is 31.9 Å². The summed E-state index contributed by atoms with van der Waals surface area (Å²) in [5, 5.41) is 9.42. The molecule has 0 radical (unpaired) electrons. The Morgan fingerprint density at radius 2 is 1.40 bits per heavy atom. The number of rotatable bonds is 17. The highest BCUT2D eigenvalue weighted by Crippen LogP contribution is 2.60. The zero-order chi connectivity index (χ0) is 41.4. The number of fused-ring (bicyclic) bond motifs is 1. The lowest BCUT2D eigenvalue weighted by molar-refractivity contribution is 0.0557. The fourth-order valence-corrected chi connectivity index (χ4v) is 8.54. The molecule has 0 aliphatic heterocycles. The van der Waals surface area contributed by atoms with E-state index in [1.165, 1.54) is 62.4 Å². The number of aliphatic hydroxyl groups is 1. The molecular weight excluding hydrogens is 942 g/mol. The van der Waals surface area contributed by atoms with Crippen LogP contribution in [-0.4, -0.2) is 50.8 Å². The molecule has 10 nitrogen and oxygen atoms in total. The molecule has 0 fully saturated rings. The number of unbranched alkanes of at least 4 members (excludes halogenated alkanes) is 4. The lowest BCUT2D eigenvalue weighted by atomic mass is 10.1. The molecule has 1 aromatic heterocycles. The van der Waals surface area contributed by atoms with E-state index in [0.717, 1.165) is 53.6 Å². The molecule has 0 aliphatic carbocycles. The topological polar surface area (TPSA) is 175 Å². The molecule has 0 spiro atoms. The summed E-state index contributed by atoms with van der Waals surface area (Å²) in [4.78, 5) is 44.9. The second kappa shape index (κ2) is 23.6. The van der Waals surface area contributed by atoms with Crippen LogP contribution in [0.15, 0.2) is 78.8 Å². The van der Waals surface area contributed by atoms with Gasteiger partial charge in [0.2, 0.25) is 0 Å². The Bertz CT molecular complexity index is 1970. The molecule has 0 aliphatic rings. The number of alkyl halides is 4. The van der Waals surface area contributed by atoms with E-state index in [4.69, 9.17) is 33.8 Å². The van der Waals surface area contributed by atoms with Crippen molar-refractivity contribution in [2.75, 3.05) is 26.1 Å². The number of thioether (sulfide) groups is 2. The highest BCUT2D eigenvalue weighted by Gasteiger charge is 2.51. The third kappa shape index (κ3) is 17.8. The average molecular weight is 985 g/mol. The van der Waals surface area contributed by atoms with Gasteiger partial charge in [0, 0.05) is 68.1 Å². The summed E-state index contributed by atoms with van der Waals surface area (Å²) in [5.74, 6) is 3.41. The van der Waals surface area contributed by atoms with Gasteiger partial charge in [-0.1, -0.05) is 75.4 Å². The summed E-state index contributed by atoms with van der Waals surface area (Å²) in [6.45, 7) is 1.14. The quantitative estimate of drug-likeness (QED) is 0.0294. The van der Waals surface area contributed by atoms with E-state index in [9.17, 15) is 31.5 Å². The van der Waals surface area contributed by atoms with Crippen molar-refractivity contribution in [3.05, 3.63) is 108 Å². The molecule has 306 valence electrons. The van der Waals surface area contributed by atoms with E-state index < -0.39 is 38.5 Å². The molecule has 0 saturated heterocycles. The van der Waals surface area contributed by atoms with Crippen LogP contribution in [-0.2, 0) is 32.1 Å². The van der Waals surface area contributed by atoms with E-state index >= 15 is 0 Å². The third-order valence-electron chi connectivity index (χ3n) is 7.30. The van der Waals surface area contributed by atoms with Crippen molar-refractivity contribution in [2.24, 2.45) is 0 Å². The molecule has 5 N–H and O–H groups in total. The van der Waals surface area contributed by atoms with E-state index in [1.54, 1.807) is 30.3 Å². The van der Waals surface area contributed by atoms with Crippen LogP contribution >= 0.6 is 70.6 Å². The summed E-state index contributed by atoms with van der Waals surface area (Å²) in [5.41, 5.74) is -2.57. The number of halogens is 6. The molecule has 4 rings (SSSR count). The lowest BCUT2D eigenvalue weighted by Crippen LogP contribution is -2.14. The molecule has 0 atom stereocenters.